The summed E-state index contributed by atoms with van der Waals surface area (Å²) in [5.41, 5.74) is 4.47. The van der Waals surface area contributed by atoms with Gasteiger partial charge in [-0.15, -0.1) is 0 Å². The van der Waals surface area contributed by atoms with Crippen molar-refractivity contribution in [2.75, 3.05) is 36.0 Å². The normalized spacial score (nSPS) is 29.8. The summed E-state index contributed by atoms with van der Waals surface area (Å²) in [6.07, 6.45) is 1.35. The number of hydrogen-bond donors (Lipinski definition) is 1. The van der Waals surface area contributed by atoms with Crippen LogP contribution in [0.15, 0.2) is 18.2 Å². The van der Waals surface area contributed by atoms with Crippen molar-refractivity contribution >= 4 is 11.4 Å². The second-order valence-corrected chi connectivity index (χ2v) is 5.93. The lowest BCUT2D eigenvalue weighted by Gasteiger charge is -2.42. The van der Waals surface area contributed by atoms with E-state index in [1.807, 2.05) is 0 Å². The number of nitrogens with zero attached hydrogens (tertiary/aromatic N) is 2. The van der Waals surface area contributed by atoms with Gasteiger partial charge in [-0.2, -0.15) is 0 Å². The van der Waals surface area contributed by atoms with Gasteiger partial charge in [0.1, 0.15) is 0 Å². The molecule has 0 aliphatic carbocycles. The van der Waals surface area contributed by atoms with E-state index < -0.39 is 0 Å². The van der Waals surface area contributed by atoms with Gasteiger partial charge in [0, 0.05) is 38.8 Å². The summed E-state index contributed by atoms with van der Waals surface area (Å²) >= 11 is 0. The zero-order valence-electron chi connectivity index (χ0n) is 11.0. The van der Waals surface area contributed by atoms with Crippen molar-refractivity contribution in [3.63, 3.8) is 0 Å². The van der Waals surface area contributed by atoms with Crippen molar-refractivity contribution in [3.05, 3.63) is 23.8 Å². The molecule has 2 atom stereocenters. The van der Waals surface area contributed by atoms with E-state index >= 15 is 0 Å². The Morgan fingerprint density at radius 2 is 2.22 bits per heavy atom. The molecule has 1 aromatic carbocycles. The van der Waals surface area contributed by atoms with Gasteiger partial charge in [-0.05, 0) is 24.0 Å². The predicted octanol–water partition coefficient (Wildman–Crippen LogP) is 1.82. The Balaban J connectivity index is 1.86. The Kier molecular flexibility index (Phi) is 2.31. The van der Waals surface area contributed by atoms with Crippen LogP contribution >= 0.6 is 0 Å². The lowest BCUT2D eigenvalue weighted by molar-refractivity contribution is 0.492. The Morgan fingerprint density at radius 3 is 3.17 bits per heavy atom. The minimum atomic E-state index is 0.728. The molecule has 2 unspecified atom stereocenters. The van der Waals surface area contributed by atoms with Gasteiger partial charge in [0.05, 0.1) is 11.4 Å². The average Bonchev–Trinajstić information content (AvgIpc) is 2.64. The third-order valence-corrected chi connectivity index (χ3v) is 4.89. The molecule has 4 rings (SSSR count). The molecule has 0 aromatic heterocycles. The fourth-order valence-corrected chi connectivity index (χ4v) is 3.86. The van der Waals surface area contributed by atoms with E-state index in [0.29, 0.717) is 0 Å². The van der Waals surface area contributed by atoms with Crippen LogP contribution in [0.3, 0.4) is 0 Å². The molecule has 96 valence electrons. The second-order valence-electron chi connectivity index (χ2n) is 5.93. The monoisotopic (exact) mass is 243 g/mol. The Bertz CT molecular complexity index is 471. The molecule has 0 bridgehead atoms. The number of rotatable bonds is 0. The molecule has 3 heteroatoms. The summed E-state index contributed by atoms with van der Waals surface area (Å²) in [4.78, 5) is 5.28. The molecule has 3 aliphatic heterocycles. The minimum absolute atomic E-state index is 0.728. The molecule has 1 fully saturated rings. The molecule has 0 amide bonds. The third kappa shape index (κ3) is 1.40. The number of nitrogens with one attached hydrogen (secondary N) is 1. The maximum absolute atomic E-state index is 3.54. The van der Waals surface area contributed by atoms with E-state index in [-0.39, 0.29) is 0 Å². The van der Waals surface area contributed by atoms with Gasteiger partial charge in [0.2, 0.25) is 0 Å². The predicted molar refractivity (Wildman–Crippen MR) is 75.3 cm³/mol. The molecule has 0 spiro atoms. The van der Waals surface area contributed by atoms with E-state index in [9.17, 15) is 0 Å². The van der Waals surface area contributed by atoms with Crippen LogP contribution in [0.2, 0.25) is 0 Å². The highest BCUT2D eigenvalue weighted by Gasteiger charge is 2.39. The summed E-state index contributed by atoms with van der Waals surface area (Å²) in [7, 11) is 0. The maximum Gasteiger partial charge on any atom is 0.0650 e. The van der Waals surface area contributed by atoms with E-state index in [1.165, 1.54) is 36.4 Å². The van der Waals surface area contributed by atoms with Gasteiger partial charge in [-0.1, -0.05) is 19.1 Å². The van der Waals surface area contributed by atoms with Crippen LogP contribution in [-0.2, 0) is 6.54 Å². The minimum Gasteiger partial charge on any atom is -0.366 e. The summed E-state index contributed by atoms with van der Waals surface area (Å²) in [6, 6.07) is 7.56. The van der Waals surface area contributed by atoms with Crippen LogP contribution in [0.25, 0.3) is 0 Å². The largest absolute Gasteiger partial charge is 0.366 e. The summed E-state index contributed by atoms with van der Waals surface area (Å²) in [5, 5.41) is 3.54. The molecular formula is C15H21N3. The van der Waals surface area contributed by atoms with E-state index in [0.717, 1.165) is 31.6 Å². The number of hydrogen-bond acceptors (Lipinski definition) is 3. The second kappa shape index (κ2) is 3.89. The zero-order valence-corrected chi connectivity index (χ0v) is 11.0. The third-order valence-electron chi connectivity index (χ3n) is 4.89. The fourth-order valence-electron chi connectivity index (χ4n) is 3.86. The van der Waals surface area contributed by atoms with Gasteiger partial charge in [0.25, 0.3) is 0 Å². The number of benzene rings is 1. The quantitative estimate of drug-likeness (QED) is 0.750. The van der Waals surface area contributed by atoms with Crippen LogP contribution < -0.4 is 15.1 Å². The van der Waals surface area contributed by atoms with Crippen molar-refractivity contribution in [2.45, 2.75) is 25.9 Å². The topological polar surface area (TPSA) is 18.5 Å². The standard InChI is InChI=1S/C15H21N3/c1-11-5-7-18-13-4-2-3-12-9-16-6-8-17(15(12)13)10-14(11)18/h2-4,11,14,16H,5-10H2,1H3. The highest BCUT2D eigenvalue weighted by molar-refractivity contribution is 5.78. The molecule has 18 heavy (non-hydrogen) atoms. The first kappa shape index (κ1) is 10.7. The lowest BCUT2D eigenvalue weighted by Crippen LogP contribution is -2.48. The Morgan fingerprint density at radius 1 is 1.28 bits per heavy atom. The fraction of sp³-hybridized carbons (Fsp3) is 0.600. The molecule has 1 saturated heterocycles. The van der Waals surface area contributed by atoms with Gasteiger partial charge < -0.3 is 15.1 Å². The van der Waals surface area contributed by atoms with Crippen LogP contribution in [0, 0.1) is 5.92 Å². The Labute approximate surface area is 109 Å². The van der Waals surface area contributed by atoms with Gasteiger partial charge in [-0.3, -0.25) is 0 Å². The average molecular weight is 243 g/mol. The van der Waals surface area contributed by atoms with E-state index in [1.54, 1.807) is 0 Å². The Hall–Kier alpha value is -1.22. The molecule has 3 heterocycles. The van der Waals surface area contributed by atoms with Crippen LogP contribution in [-0.4, -0.2) is 32.2 Å². The molecule has 3 aliphatic rings. The first-order valence-corrected chi connectivity index (χ1v) is 7.19. The molecule has 1 N–H and O–H groups in total. The van der Waals surface area contributed by atoms with E-state index in [2.05, 4.69) is 40.2 Å². The molecule has 3 nitrogen and oxygen atoms in total. The van der Waals surface area contributed by atoms with Gasteiger partial charge >= 0.3 is 0 Å². The first-order valence-electron chi connectivity index (χ1n) is 7.19. The molecular weight excluding hydrogens is 222 g/mol. The van der Waals surface area contributed by atoms with Crippen LogP contribution in [0.1, 0.15) is 18.9 Å². The molecule has 0 radical (unpaired) electrons. The number of para-hydroxylation sites is 1. The zero-order chi connectivity index (χ0) is 12.1. The van der Waals surface area contributed by atoms with Gasteiger partial charge in [-0.25, -0.2) is 0 Å². The summed E-state index contributed by atoms with van der Waals surface area (Å²) < 4.78 is 0. The molecule has 1 aromatic rings. The summed E-state index contributed by atoms with van der Waals surface area (Å²) in [5.74, 6) is 0.831. The van der Waals surface area contributed by atoms with E-state index in [4.69, 9.17) is 0 Å². The first-order chi connectivity index (χ1) is 8.84. The van der Waals surface area contributed by atoms with Crippen molar-refractivity contribution in [2.24, 2.45) is 5.92 Å². The van der Waals surface area contributed by atoms with Crippen LogP contribution in [0.5, 0.6) is 0 Å². The number of fused-ring (bicyclic) bond motifs is 2. The SMILES string of the molecule is CC1CCN2c3cccc4c3N(CCNC4)CC12. The smallest absolute Gasteiger partial charge is 0.0650 e. The molecule has 0 saturated carbocycles. The highest BCUT2D eigenvalue weighted by atomic mass is 15.3. The van der Waals surface area contributed by atoms with Crippen molar-refractivity contribution < 1.29 is 0 Å². The highest BCUT2D eigenvalue weighted by Crippen LogP contribution is 2.43. The maximum atomic E-state index is 3.54. The number of anilines is 2. The lowest BCUT2D eigenvalue weighted by atomic mass is 9.98. The van der Waals surface area contributed by atoms with Crippen LogP contribution in [0.4, 0.5) is 11.4 Å². The van der Waals surface area contributed by atoms with Gasteiger partial charge in [0.15, 0.2) is 0 Å². The van der Waals surface area contributed by atoms with Crippen molar-refractivity contribution in [3.8, 4) is 0 Å². The summed E-state index contributed by atoms with van der Waals surface area (Å²) in [6.45, 7) is 8.15. The van der Waals surface area contributed by atoms with Crippen molar-refractivity contribution in [1.82, 2.24) is 5.32 Å². The van der Waals surface area contributed by atoms with Crippen molar-refractivity contribution in [1.29, 1.82) is 0 Å².